The van der Waals surface area contributed by atoms with Gasteiger partial charge in [-0.25, -0.2) is 13.2 Å². The predicted molar refractivity (Wildman–Crippen MR) is 54.4 cm³/mol. The summed E-state index contributed by atoms with van der Waals surface area (Å²) >= 11 is 0. The van der Waals surface area contributed by atoms with Crippen LogP contribution in [0.25, 0.3) is 0 Å². The Morgan fingerprint density at radius 2 is 1.44 bits per heavy atom. The van der Waals surface area contributed by atoms with E-state index in [1.165, 1.54) is 0 Å². The van der Waals surface area contributed by atoms with Gasteiger partial charge in [-0.3, -0.25) is 10.1 Å². The molecule has 0 atom stereocenters. The fraction of sp³-hybridized carbons (Fsp3) is 0.400. The number of rotatable bonds is 2. The van der Waals surface area contributed by atoms with Gasteiger partial charge in [-0.2, -0.15) is 4.39 Å². The van der Waals surface area contributed by atoms with Gasteiger partial charge in [0.15, 0.2) is 17.3 Å². The lowest BCUT2D eigenvalue weighted by Crippen LogP contribution is -2.22. The molecule has 0 bridgehead atoms. The molecule has 0 unspecified atom stereocenters. The zero-order valence-corrected chi connectivity index (χ0v) is 9.05. The number of hydrogen-bond acceptors (Lipinski definition) is 3. The molecule has 0 radical (unpaired) electrons. The highest BCUT2D eigenvalue weighted by molar-refractivity contribution is 5.65. The summed E-state index contributed by atoms with van der Waals surface area (Å²) in [4.78, 5) is 10.6. The summed E-state index contributed by atoms with van der Waals surface area (Å²) in [5.41, 5.74) is -2.16. The summed E-state index contributed by atoms with van der Waals surface area (Å²) in [6.45, 7) is 0.477. The van der Waals surface area contributed by atoms with Crippen molar-refractivity contribution in [3.63, 3.8) is 0 Å². The summed E-state index contributed by atoms with van der Waals surface area (Å²) in [7, 11) is 0. The summed E-state index contributed by atoms with van der Waals surface area (Å²) in [6, 6.07) is 0. The molecule has 1 aromatic rings. The minimum absolute atomic E-state index is 0.238. The third-order valence-corrected chi connectivity index (χ3v) is 2.82. The van der Waals surface area contributed by atoms with Crippen LogP contribution in [0, 0.1) is 33.4 Å². The molecule has 0 N–H and O–H groups in total. The molecule has 18 heavy (non-hydrogen) atoms. The van der Waals surface area contributed by atoms with Gasteiger partial charge in [0.05, 0.1) is 4.92 Å². The molecule has 1 aliphatic rings. The van der Waals surface area contributed by atoms with Gasteiger partial charge in [-0.05, 0) is 12.8 Å². The van der Waals surface area contributed by atoms with Crippen LogP contribution in [0.2, 0.25) is 0 Å². The molecule has 0 aromatic heterocycles. The highest BCUT2D eigenvalue weighted by Gasteiger charge is 2.36. The average Bonchev–Trinajstić information content (AvgIpc) is 2.83. The largest absolute Gasteiger partial charge is 0.363 e. The third-order valence-electron chi connectivity index (χ3n) is 2.82. The number of benzene rings is 1. The summed E-state index contributed by atoms with van der Waals surface area (Å²) in [5.74, 6) is -7.88. The van der Waals surface area contributed by atoms with Gasteiger partial charge in [0.25, 0.3) is 0 Å². The second kappa shape index (κ2) is 4.43. The van der Waals surface area contributed by atoms with Crippen LogP contribution in [0.5, 0.6) is 0 Å². The molecule has 8 heteroatoms. The molecule has 0 saturated carbocycles. The standard InChI is InChI=1S/C10H8F4N2O2/c11-5-6(12)8(14)10(16(17)18)9(7(5)13)15-3-1-2-4-15/h1-4H2. The van der Waals surface area contributed by atoms with Gasteiger partial charge in [0.2, 0.25) is 11.6 Å². The second-order valence-electron chi connectivity index (χ2n) is 3.90. The van der Waals surface area contributed by atoms with Crippen molar-refractivity contribution in [1.29, 1.82) is 0 Å². The molecule has 1 heterocycles. The molecule has 1 fully saturated rings. The highest BCUT2D eigenvalue weighted by Crippen LogP contribution is 2.38. The first kappa shape index (κ1) is 12.6. The van der Waals surface area contributed by atoms with Gasteiger partial charge in [-0.1, -0.05) is 0 Å². The molecule has 0 amide bonds. The van der Waals surface area contributed by atoms with Gasteiger partial charge < -0.3 is 4.90 Å². The minimum Gasteiger partial charge on any atom is -0.363 e. The first-order valence-electron chi connectivity index (χ1n) is 5.20. The molecule has 1 aromatic carbocycles. The zero-order chi connectivity index (χ0) is 13.4. The normalized spacial score (nSPS) is 15.2. The van der Waals surface area contributed by atoms with Crippen molar-refractivity contribution in [3.8, 4) is 0 Å². The first-order chi connectivity index (χ1) is 8.45. The number of nitro benzene ring substituents is 1. The van der Waals surface area contributed by atoms with Crippen molar-refractivity contribution < 1.29 is 22.5 Å². The van der Waals surface area contributed by atoms with E-state index in [4.69, 9.17) is 0 Å². The number of hydrogen-bond donors (Lipinski definition) is 0. The van der Waals surface area contributed by atoms with Crippen molar-refractivity contribution in [1.82, 2.24) is 0 Å². The van der Waals surface area contributed by atoms with Crippen LogP contribution in [0.15, 0.2) is 0 Å². The fourth-order valence-corrected chi connectivity index (χ4v) is 2.00. The fourth-order valence-electron chi connectivity index (χ4n) is 2.00. The van der Waals surface area contributed by atoms with E-state index in [1.807, 2.05) is 0 Å². The lowest BCUT2D eigenvalue weighted by atomic mass is 10.2. The third kappa shape index (κ3) is 1.77. The Morgan fingerprint density at radius 1 is 0.944 bits per heavy atom. The van der Waals surface area contributed by atoms with E-state index in [-0.39, 0.29) is 13.1 Å². The molecule has 1 saturated heterocycles. The van der Waals surface area contributed by atoms with Crippen molar-refractivity contribution in [2.75, 3.05) is 18.0 Å². The number of halogens is 4. The van der Waals surface area contributed by atoms with Gasteiger partial charge >= 0.3 is 5.69 Å². The quantitative estimate of drug-likeness (QED) is 0.271. The second-order valence-corrected chi connectivity index (χ2v) is 3.90. The molecule has 2 rings (SSSR count). The molecule has 0 spiro atoms. The van der Waals surface area contributed by atoms with Crippen molar-refractivity contribution in [3.05, 3.63) is 33.4 Å². The van der Waals surface area contributed by atoms with Crippen molar-refractivity contribution in [2.45, 2.75) is 12.8 Å². The van der Waals surface area contributed by atoms with Crippen LogP contribution in [-0.2, 0) is 0 Å². The Balaban J connectivity index is 2.72. The highest BCUT2D eigenvalue weighted by atomic mass is 19.2. The van der Waals surface area contributed by atoms with E-state index in [2.05, 4.69) is 0 Å². The maximum Gasteiger partial charge on any atom is 0.334 e. The van der Waals surface area contributed by atoms with E-state index in [0.29, 0.717) is 12.8 Å². The smallest absolute Gasteiger partial charge is 0.334 e. The summed E-state index contributed by atoms with van der Waals surface area (Å²) in [5, 5.41) is 10.7. The minimum atomic E-state index is -2.16. The van der Waals surface area contributed by atoms with Gasteiger partial charge in [-0.15, -0.1) is 0 Å². The molecule has 1 aliphatic heterocycles. The van der Waals surface area contributed by atoms with Crippen molar-refractivity contribution in [2.24, 2.45) is 0 Å². The SMILES string of the molecule is O=[N+]([O-])c1c(F)c(F)c(F)c(F)c1N1CCCC1. The van der Waals surface area contributed by atoms with Gasteiger partial charge in [0.1, 0.15) is 0 Å². The number of nitrogens with zero attached hydrogens (tertiary/aromatic N) is 2. The summed E-state index contributed by atoms with van der Waals surface area (Å²) < 4.78 is 53.0. The number of anilines is 1. The van der Waals surface area contributed by atoms with E-state index >= 15 is 0 Å². The van der Waals surface area contributed by atoms with E-state index in [9.17, 15) is 27.7 Å². The maximum absolute atomic E-state index is 13.6. The Hall–Kier alpha value is -1.86. The molecule has 98 valence electrons. The van der Waals surface area contributed by atoms with Crippen LogP contribution < -0.4 is 4.90 Å². The number of nitro groups is 1. The molecular weight excluding hydrogens is 256 g/mol. The van der Waals surface area contributed by atoms with Crippen molar-refractivity contribution >= 4 is 11.4 Å². The van der Waals surface area contributed by atoms with Crippen LogP contribution in [0.4, 0.5) is 28.9 Å². The van der Waals surface area contributed by atoms with Crippen LogP contribution >= 0.6 is 0 Å². The molecule has 4 nitrogen and oxygen atoms in total. The van der Waals surface area contributed by atoms with E-state index in [0.717, 1.165) is 4.90 Å². The lowest BCUT2D eigenvalue weighted by molar-refractivity contribution is -0.387. The molecule has 0 aliphatic carbocycles. The summed E-state index contributed by atoms with van der Waals surface area (Å²) in [6.07, 6.45) is 1.24. The van der Waals surface area contributed by atoms with Crippen LogP contribution in [0.3, 0.4) is 0 Å². The Kier molecular flexibility index (Phi) is 3.10. The van der Waals surface area contributed by atoms with Gasteiger partial charge in [0, 0.05) is 13.1 Å². The topological polar surface area (TPSA) is 46.4 Å². The average molecular weight is 264 g/mol. The molecular formula is C10H8F4N2O2. The predicted octanol–water partition coefficient (Wildman–Crippen LogP) is 2.75. The Bertz CT molecular complexity index is 515. The van der Waals surface area contributed by atoms with E-state index in [1.54, 1.807) is 0 Å². The zero-order valence-electron chi connectivity index (χ0n) is 9.05. The van der Waals surface area contributed by atoms with Crippen LogP contribution in [-0.4, -0.2) is 18.0 Å². The maximum atomic E-state index is 13.6. The Labute approximate surface area is 99.0 Å². The first-order valence-corrected chi connectivity index (χ1v) is 5.20. The van der Waals surface area contributed by atoms with E-state index < -0.39 is 39.6 Å². The van der Waals surface area contributed by atoms with Crippen LogP contribution in [0.1, 0.15) is 12.8 Å². The lowest BCUT2D eigenvalue weighted by Gasteiger charge is -2.18. The monoisotopic (exact) mass is 264 g/mol. The Morgan fingerprint density at radius 3 is 1.94 bits per heavy atom.